The van der Waals surface area contributed by atoms with Crippen LogP contribution in [0.5, 0.6) is 11.5 Å². The molecule has 0 heterocycles. The largest absolute Gasteiger partial charge is 0.497 e. The minimum atomic E-state index is 0. The third-order valence-corrected chi connectivity index (χ3v) is 3.33. The first-order valence-corrected chi connectivity index (χ1v) is 8.00. The molecule has 0 amide bonds. The van der Waals surface area contributed by atoms with Crippen molar-refractivity contribution < 1.29 is 9.47 Å². The van der Waals surface area contributed by atoms with Crippen molar-refractivity contribution in [1.29, 1.82) is 0 Å². The van der Waals surface area contributed by atoms with E-state index >= 15 is 0 Å². The lowest BCUT2D eigenvalue weighted by Gasteiger charge is -2.12. The summed E-state index contributed by atoms with van der Waals surface area (Å²) in [5.74, 6) is 2.49. The second-order valence-corrected chi connectivity index (χ2v) is 5.87. The van der Waals surface area contributed by atoms with Gasteiger partial charge in [0, 0.05) is 11.3 Å². The molecule has 0 saturated heterocycles. The molecule has 5 nitrogen and oxygen atoms in total. The first kappa shape index (κ1) is 21.1. The van der Waals surface area contributed by atoms with Gasteiger partial charge in [-0.15, -0.1) is 24.0 Å². The highest BCUT2D eigenvalue weighted by molar-refractivity contribution is 14.0. The molecule has 6 heteroatoms. The van der Waals surface area contributed by atoms with Crippen LogP contribution in [0, 0.1) is 5.92 Å². The third-order valence-electron chi connectivity index (χ3n) is 3.33. The summed E-state index contributed by atoms with van der Waals surface area (Å²) in [6, 6.07) is 15.4. The number of nitrogens with two attached hydrogens (primary N) is 1. The van der Waals surface area contributed by atoms with Crippen molar-refractivity contribution in [3.05, 3.63) is 54.1 Å². The van der Waals surface area contributed by atoms with E-state index in [4.69, 9.17) is 15.2 Å². The van der Waals surface area contributed by atoms with Crippen molar-refractivity contribution in [2.45, 2.75) is 20.4 Å². The van der Waals surface area contributed by atoms with Gasteiger partial charge < -0.3 is 20.5 Å². The number of nitrogens with one attached hydrogen (secondary N) is 1. The fraction of sp³-hybridized carbons (Fsp3) is 0.316. The van der Waals surface area contributed by atoms with Crippen LogP contribution in [0.25, 0.3) is 0 Å². The highest BCUT2D eigenvalue weighted by Gasteiger charge is 2.04. The summed E-state index contributed by atoms with van der Waals surface area (Å²) in [5, 5.41) is 3.06. The van der Waals surface area contributed by atoms with Crippen molar-refractivity contribution in [2.24, 2.45) is 16.6 Å². The van der Waals surface area contributed by atoms with E-state index in [-0.39, 0.29) is 24.0 Å². The minimum Gasteiger partial charge on any atom is -0.497 e. The lowest BCUT2D eigenvalue weighted by atomic mass is 10.2. The highest BCUT2D eigenvalue weighted by Crippen LogP contribution is 2.20. The van der Waals surface area contributed by atoms with Crippen LogP contribution in [0.2, 0.25) is 0 Å². The third kappa shape index (κ3) is 7.21. The number of hydrogen-bond acceptors (Lipinski definition) is 3. The van der Waals surface area contributed by atoms with Crippen molar-refractivity contribution in [3.8, 4) is 11.5 Å². The Bertz CT molecular complexity index is 673. The molecular weight excluding hydrogens is 429 g/mol. The molecule has 0 atom stereocenters. The fourth-order valence-corrected chi connectivity index (χ4v) is 2.06. The molecule has 0 saturated carbocycles. The molecule has 0 aromatic heterocycles. The normalized spacial score (nSPS) is 11.0. The monoisotopic (exact) mass is 455 g/mol. The van der Waals surface area contributed by atoms with Crippen molar-refractivity contribution in [2.75, 3.05) is 19.0 Å². The maximum absolute atomic E-state index is 5.96. The fourth-order valence-electron chi connectivity index (χ4n) is 2.06. The Balaban J connectivity index is 0.00000312. The van der Waals surface area contributed by atoms with Gasteiger partial charge in [-0.3, -0.25) is 0 Å². The molecule has 0 aliphatic heterocycles. The molecular formula is C19H26IN3O2. The summed E-state index contributed by atoms with van der Waals surface area (Å²) in [6.45, 7) is 5.39. The molecule has 0 spiro atoms. The maximum atomic E-state index is 5.96. The predicted molar refractivity (Wildman–Crippen MR) is 114 cm³/mol. The van der Waals surface area contributed by atoms with E-state index in [0.717, 1.165) is 22.7 Å². The summed E-state index contributed by atoms with van der Waals surface area (Å²) in [4.78, 5) is 4.39. The minimum absolute atomic E-state index is 0. The number of halogens is 1. The second kappa shape index (κ2) is 10.8. The van der Waals surface area contributed by atoms with Gasteiger partial charge in [0.1, 0.15) is 11.5 Å². The lowest BCUT2D eigenvalue weighted by Crippen LogP contribution is -2.22. The standard InChI is InChI=1S/C19H25N3O2.HI/c1-14(2)13-24-18-7-5-4-6-15(18)12-21-19(20)22-16-8-10-17(23-3)11-9-16;/h4-11,14H,12-13H2,1-3H3,(H3,20,21,22);1H. The summed E-state index contributed by atoms with van der Waals surface area (Å²) < 4.78 is 11.0. The average molecular weight is 455 g/mol. The molecule has 136 valence electrons. The number of methoxy groups -OCH3 is 1. The maximum Gasteiger partial charge on any atom is 0.193 e. The number of nitrogens with zero attached hydrogens (tertiary/aromatic N) is 1. The molecule has 25 heavy (non-hydrogen) atoms. The number of aliphatic imine (C=N–C) groups is 1. The predicted octanol–water partition coefficient (Wildman–Crippen LogP) is 4.27. The number of guanidine groups is 1. The molecule has 2 rings (SSSR count). The van der Waals surface area contributed by atoms with Crippen molar-refractivity contribution in [3.63, 3.8) is 0 Å². The van der Waals surface area contributed by atoms with E-state index in [2.05, 4.69) is 24.2 Å². The molecule has 2 aromatic rings. The molecule has 2 aromatic carbocycles. The van der Waals surface area contributed by atoms with Crippen LogP contribution in [-0.2, 0) is 6.54 Å². The van der Waals surface area contributed by atoms with Crippen LogP contribution in [0.3, 0.4) is 0 Å². The quantitative estimate of drug-likeness (QED) is 0.372. The van der Waals surface area contributed by atoms with Gasteiger partial charge in [0.2, 0.25) is 0 Å². The Morgan fingerprint density at radius 3 is 2.44 bits per heavy atom. The van der Waals surface area contributed by atoms with Gasteiger partial charge in [-0.25, -0.2) is 4.99 Å². The molecule has 3 N–H and O–H groups in total. The van der Waals surface area contributed by atoms with Gasteiger partial charge in [0.05, 0.1) is 20.3 Å². The van der Waals surface area contributed by atoms with Crippen LogP contribution in [0.4, 0.5) is 5.69 Å². The SMILES string of the molecule is COc1ccc(NC(N)=NCc2ccccc2OCC(C)C)cc1.I. The smallest absolute Gasteiger partial charge is 0.193 e. The van der Waals surface area contributed by atoms with Gasteiger partial charge >= 0.3 is 0 Å². The summed E-state index contributed by atoms with van der Waals surface area (Å²) in [6.07, 6.45) is 0. The Labute approximate surface area is 166 Å². The summed E-state index contributed by atoms with van der Waals surface area (Å²) in [5.41, 5.74) is 7.84. The molecule has 0 unspecified atom stereocenters. The highest BCUT2D eigenvalue weighted by atomic mass is 127. The Kier molecular flexibility index (Phi) is 9.12. The van der Waals surface area contributed by atoms with E-state index in [1.165, 1.54) is 0 Å². The summed E-state index contributed by atoms with van der Waals surface area (Å²) in [7, 11) is 1.64. The average Bonchev–Trinajstić information content (AvgIpc) is 2.59. The van der Waals surface area contributed by atoms with Gasteiger partial charge in [-0.2, -0.15) is 0 Å². The molecule has 0 fully saturated rings. The molecule has 0 aliphatic carbocycles. The Morgan fingerprint density at radius 2 is 1.80 bits per heavy atom. The summed E-state index contributed by atoms with van der Waals surface area (Å²) >= 11 is 0. The number of rotatable bonds is 7. The number of ether oxygens (including phenoxy) is 2. The number of anilines is 1. The van der Waals surface area contributed by atoms with Crippen molar-refractivity contribution >= 4 is 35.6 Å². The molecule has 0 aliphatic rings. The van der Waals surface area contributed by atoms with E-state index in [1.54, 1.807) is 7.11 Å². The van der Waals surface area contributed by atoms with Crippen molar-refractivity contribution in [1.82, 2.24) is 0 Å². The lowest BCUT2D eigenvalue weighted by molar-refractivity contribution is 0.268. The Morgan fingerprint density at radius 1 is 1.12 bits per heavy atom. The van der Waals surface area contributed by atoms with Gasteiger partial charge in [-0.05, 0) is 36.2 Å². The topological polar surface area (TPSA) is 68.9 Å². The van der Waals surface area contributed by atoms with Crippen LogP contribution in [-0.4, -0.2) is 19.7 Å². The first-order valence-electron chi connectivity index (χ1n) is 8.00. The van der Waals surface area contributed by atoms with Crippen LogP contribution < -0.4 is 20.5 Å². The van der Waals surface area contributed by atoms with E-state index < -0.39 is 0 Å². The zero-order valence-corrected chi connectivity index (χ0v) is 17.2. The van der Waals surface area contributed by atoms with Crippen LogP contribution >= 0.6 is 24.0 Å². The molecule has 0 radical (unpaired) electrons. The second-order valence-electron chi connectivity index (χ2n) is 5.87. The van der Waals surface area contributed by atoms with Gasteiger partial charge in [0.25, 0.3) is 0 Å². The van der Waals surface area contributed by atoms with Crippen LogP contribution in [0.15, 0.2) is 53.5 Å². The first-order chi connectivity index (χ1) is 11.6. The molecule has 0 bridgehead atoms. The number of benzene rings is 2. The number of hydrogen-bond donors (Lipinski definition) is 2. The zero-order chi connectivity index (χ0) is 17.4. The van der Waals surface area contributed by atoms with Gasteiger partial charge in [-0.1, -0.05) is 32.0 Å². The Hall–Kier alpha value is -1.96. The van der Waals surface area contributed by atoms with Gasteiger partial charge in [0.15, 0.2) is 5.96 Å². The van der Waals surface area contributed by atoms with Crippen LogP contribution in [0.1, 0.15) is 19.4 Å². The zero-order valence-electron chi connectivity index (χ0n) is 14.9. The van der Waals surface area contributed by atoms with E-state index in [0.29, 0.717) is 25.0 Å². The number of para-hydroxylation sites is 1. The van der Waals surface area contributed by atoms with E-state index in [1.807, 2.05) is 48.5 Å². The van der Waals surface area contributed by atoms with E-state index in [9.17, 15) is 0 Å².